The predicted molar refractivity (Wildman–Crippen MR) is 114 cm³/mol. The van der Waals surface area contributed by atoms with Crippen molar-refractivity contribution >= 4 is 41.3 Å². The van der Waals surface area contributed by atoms with Crippen molar-refractivity contribution in [3.05, 3.63) is 64.7 Å². The lowest BCUT2D eigenvalue weighted by Crippen LogP contribution is -2.47. The molecule has 2 aromatic carbocycles. The van der Waals surface area contributed by atoms with Crippen molar-refractivity contribution in [3.8, 4) is 0 Å². The Labute approximate surface area is 171 Å². The third kappa shape index (κ3) is 4.03. The summed E-state index contributed by atoms with van der Waals surface area (Å²) in [7, 11) is 2.13. The van der Waals surface area contributed by atoms with Gasteiger partial charge in [0.05, 0.1) is 11.4 Å². The van der Waals surface area contributed by atoms with E-state index in [1.807, 2.05) is 53.4 Å². The molecule has 0 aliphatic carbocycles. The number of benzene rings is 2. The van der Waals surface area contributed by atoms with Gasteiger partial charge in [-0.1, -0.05) is 41.9 Å². The van der Waals surface area contributed by atoms with E-state index in [2.05, 4.69) is 16.9 Å². The first-order valence-corrected chi connectivity index (χ1v) is 9.41. The average Bonchev–Trinajstić information content (AvgIpc) is 2.79. The highest BCUT2D eigenvalue weighted by Crippen LogP contribution is 2.33. The molecule has 2 aromatic rings. The first-order chi connectivity index (χ1) is 12.6. The Balaban J connectivity index is 0.00000210. The second kappa shape index (κ2) is 8.42. The highest BCUT2D eigenvalue weighted by molar-refractivity contribution is 6.32. The van der Waals surface area contributed by atoms with Gasteiger partial charge in [0.15, 0.2) is 0 Å². The number of likely N-dealkylation sites (tertiary alicyclic amines) is 1. The molecule has 0 aromatic heterocycles. The van der Waals surface area contributed by atoms with E-state index in [1.54, 1.807) is 0 Å². The molecule has 142 valence electrons. The van der Waals surface area contributed by atoms with Gasteiger partial charge in [-0.25, -0.2) is 0 Å². The normalized spacial score (nSPS) is 18.4. The van der Waals surface area contributed by atoms with Crippen molar-refractivity contribution < 1.29 is 4.79 Å². The van der Waals surface area contributed by atoms with E-state index in [1.165, 1.54) is 0 Å². The third-order valence-corrected chi connectivity index (χ3v) is 5.45. The first kappa shape index (κ1) is 19.9. The van der Waals surface area contributed by atoms with Crippen LogP contribution in [0.25, 0.3) is 0 Å². The molecule has 0 spiro atoms. The summed E-state index contributed by atoms with van der Waals surface area (Å²) in [5.74, 6) is 0.0639. The fourth-order valence-electron chi connectivity index (χ4n) is 3.85. The summed E-state index contributed by atoms with van der Waals surface area (Å²) < 4.78 is 0. The van der Waals surface area contributed by atoms with Crippen LogP contribution in [0.2, 0.25) is 5.02 Å². The Kier molecular flexibility index (Phi) is 6.20. The number of hydrogen-bond acceptors (Lipinski definition) is 3. The quantitative estimate of drug-likeness (QED) is 0.758. The van der Waals surface area contributed by atoms with Crippen LogP contribution < -0.4 is 4.90 Å². The van der Waals surface area contributed by atoms with Crippen LogP contribution >= 0.6 is 24.0 Å². The number of carbonyl (C=O) groups is 1. The first-order valence-electron chi connectivity index (χ1n) is 9.04. The number of rotatable bonds is 2. The topological polar surface area (TPSA) is 35.9 Å². The zero-order valence-electron chi connectivity index (χ0n) is 15.3. The largest absolute Gasteiger partial charge is 0.307 e. The van der Waals surface area contributed by atoms with E-state index in [4.69, 9.17) is 11.6 Å². The summed E-state index contributed by atoms with van der Waals surface area (Å²) in [4.78, 5) is 21.9. The van der Waals surface area contributed by atoms with E-state index < -0.39 is 0 Å². The molecule has 2 aliphatic heterocycles. The van der Waals surface area contributed by atoms with E-state index in [0.29, 0.717) is 5.02 Å². The van der Waals surface area contributed by atoms with Crippen molar-refractivity contribution in [2.24, 2.45) is 4.99 Å². The van der Waals surface area contributed by atoms with Crippen LogP contribution in [0.1, 0.15) is 24.0 Å². The molecule has 0 bridgehead atoms. The lowest BCUT2D eigenvalue weighted by molar-refractivity contribution is -0.117. The summed E-state index contributed by atoms with van der Waals surface area (Å²) in [6.45, 7) is 2.18. The monoisotopic (exact) mass is 403 g/mol. The smallest absolute Gasteiger partial charge is 0.248 e. The second-order valence-corrected chi connectivity index (χ2v) is 7.43. The average molecular weight is 404 g/mol. The van der Waals surface area contributed by atoms with Crippen molar-refractivity contribution in [3.63, 3.8) is 0 Å². The third-order valence-electron chi connectivity index (χ3n) is 5.21. The van der Waals surface area contributed by atoms with Crippen LogP contribution in [0.15, 0.2) is 53.5 Å². The Morgan fingerprint density at radius 3 is 2.48 bits per heavy atom. The molecule has 4 rings (SSSR count). The number of carbonyl (C=O) groups excluding carboxylic acids is 1. The van der Waals surface area contributed by atoms with Gasteiger partial charge in [0.2, 0.25) is 5.91 Å². The standard InChI is InChI=1S/C21H22ClN3O.ClH/c1-24-11-9-17(10-12-24)25-19-8-7-16(22)13-18(19)21(23-14-20(25)26)15-5-3-2-4-6-15;/h2-8,13,17H,9-12,14H2,1H3;1H. The van der Waals surface area contributed by atoms with E-state index in [0.717, 1.165) is 48.5 Å². The second-order valence-electron chi connectivity index (χ2n) is 6.99. The number of benzodiazepines with no additional fused rings is 1. The molecule has 0 N–H and O–H groups in total. The highest BCUT2D eigenvalue weighted by Gasteiger charge is 2.32. The zero-order valence-corrected chi connectivity index (χ0v) is 16.8. The van der Waals surface area contributed by atoms with Crippen LogP contribution in [-0.4, -0.2) is 49.2 Å². The number of nitrogens with zero attached hydrogens (tertiary/aromatic N) is 3. The zero-order chi connectivity index (χ0) is 18.1. The van der Waals surface area contributed by atoms with Gasteiger partial charge in [0, 0.05) is 22.2 Å². The Hall–Kier alpha value is -1.88. The molecule has 6 heteroatoms. The predicted octanol–water partition coefficient (Wildman–Crippen LogP) is 4.04. The molecule has 1 fully saturated rings. The van der Waals surface area contributed by atoms with Crippen LogP contribution in [0.5, 0.6) is 0 Å². The Morgan fingerprint density at radius 1 is 1.07 bits per heavy atom. The fraction of sp³-hybridized carbons (Fsp3) is 0.333. The molecule has 1 amide bonds. The van der Waals surface area contributed by atoms with Crippen molar-refractivity contribution in [1.82, 2.24) is 4.90 Å². The van der Waals surface area contributed by atoms with Crippen molar-refractivity contribution in [1.29, 1.82) is 0 Å². The van der Waals surface area contributed by atoms with Gasteiger partial charge in [-0.3, -0.25) is 9.79 Å². The Bertz CT molecular complexity index is 846. The van der Waals surface area contributed by atoms with Crippen LogP contribution in [0.3, 0.4) is 0 Å². The maximum atomic E-state index is 13.0. The number of halogens is 2. The minimum absolute atomic E-state index is 0. The van der Waals surface area contributed by atoms with Crippen LogP contribution in [-0.2, 0) is 4.79 Å². The van der Waals surface area contributed by atoms with Gasteiger partial charge >= 0.3 is 0 Å². The summed E-state index contributed by atoms with van der Waals surface area (Å²) in [5, 5.41) is 0.657. The number of piperidine rings is 1. The minimum Gasteiger partial charge on any atom is -0.307 e. The van der Waals surface area contributed by atoms with Gasteiger partial charge in [-0.05, 0) is 51.2 Å². The molecule has 27 heavy (non-hydrogen) atoms. The molecule has 1 saturated heterocycles. The SMILES string of the molecule is CN1CCC(N2C(=O)CN=C(c3ccccc3)c3cc(Cl)ccc32)CC1.Cl. The molecule has 0 atom stereocenters. The number of fused-ring (bicyclic) bond motifs is 1. The summed E-state index contributed by atoms with van der Waals surface area (Å²) in [6.07, 6.45) is 1.95. The van der Waals surface area contributed by atoms with Crippen LogP contribution in [0, 0.1) is 0 Å². The Morgan fingerprint density at radius 2 is 1.78 bits per heavy atom. The van der Waals surface area contributed by atoms with E-state index >= 15 is 0 Å². The number of hydrogen-bond donors (Lipinski definition) is 0. The van der Waals surface area contributed by atoms with Gasteiger partial charge in [-0.15, -0.1) is 12.4 Å². The lowest BCUT2D eigenvalue weighted by Gasteiger charge is -2.37. The highest BCUT2D eigenvalue weighted by atomic mass is 35.5. The summed E-state index contributed by atoms with van der Waals surface area (Å²) >= 11 is 6.31. The van der Waals surface area contributed by atoms with Crippen LogP contribution in [0.4, 0.5) is 5.69 Å². The number of aliphatic imine (C=N–C) groups is 1. The van der Waals surface area contributed by atoms with Gasteiger partial charge in [0.25, 0.3) is 0 Å². The number of anilines is 1. The van der Waals surface area contributed by atoms with Gasteiger partial charge in [-0.2, -0.15) is 0 Å². The summed E-state index contributed by atoms with van der Waals surface area (Å²) in [5.41, 5.74) is 3.71. The molecule has 0 radical (unpaired) electrons. The molecule has 4 nitrogen and oxygen atoms in total. The van der Waals surface area contributed by atoms with E-state index in [-0.39, 0.29) is 30.9 Å². The maximum absolute atomic E-state index is 13.0. The molecule has 2 aliphatic rings. The molecule has 0 saturated carbocycles. The van der Waals surface area contributed by atoms with Crippen molar-refractivity contribution in [2.75, 3.05) is 31.6 Å². The molecular weight excluding hydrogens is 381 g/mol. The molecule has 2 heterocycles. The number of amides is 1. The van der Waals surface area contributed by atoms with E-state index in [9.17, 15) is 4.79 Å². The molecule has 0 unspecified atom stereocenters. The fourth-order valence-corrected chi connectivity index (χ4v) is 4.02. The maximum Gasteiger partial charge on any atom is 0.248 e. The molecular formula is C21H23Cl2N3O. The van der Waals surface area contributed by atoms with Crippen molar-refractivity contribution in [2.45, 2.75) is 18.9 Å². The van der Waals surface area contributed by atoms with Gasteiger partial charge in [0.1, 0.15) is 6.54 Å². The van der Waals surface area contributed by atoms with Gasteiger partial charge < -0.3 is 9.80 Å². The minimum atomic E-state index is 0. The lowest BCUT2D eigenvalue weighted by atomic mass is 9.97. The summed E-state index contributed by atoms with van der Waals surface area (Å²) in [6, 6.07) is 16.0.